The van der Waals surface area contributed by atoms with E-state index in [1.807, 2.05) is 12.1 Å². The molecule has 1 aromatic rings. The van der Waals surface area contributed by atoms with Gasteiger partial charge in [0.1, 0.15) is 0 Å². The molecule has 0 saturated carbocycles. The molecule has 0 aromatic carbocycles. The monoisotopic (exact) mass is 180 g/mol. The predicted octanol–water partition coefficient (Wildman–Crippen LogP) is 0.680. The van der Waals surface area contributed by atoms with E-state index in [1.54, 1.807) is 12.4 Å². The fourth-order valence-corrected chi connectivity index (χ4v) is 1.37. The standard InChI is InChI=1S/C10H16N2O/c1-10(8-11,4-7-13)9-2-5-12-6-3-9/h2-3,5-6,13H,4,7-8,11H2,1H3. The van der Waals surface area contributed by atoms with Gasteiger partial charge in [0.05, 0.1) is 0 Å². The lowest BCUT2D eigenvalue weighted by Gasteiger charge is -2.27. The van der Waals surface area contributed by atoms with Crippen molar-refractivity contribution in [2.24, 2.45) is 5.73 Å². The molecule has 0 aliphatic carbocycles. The normalized spacial score (nSPS) is 15.3. The number of aliphatic hydroxyl groups excluding tert-OH is 1. The van der Waals surface area contributed by atoms with Gasteiger partial charge in [0.25, 0.3) is 0 Å². The van der Waals surface area contributed by atoms with Crippen molar-refractivity contribution in [1.82, 2.24) is 4.98 Å². The van der Waals surface area contributed by atoms with Gasteiger partial charge >= 0.3 is 0 Å². The summed E-state index contributed by atoms with van der Waals surface area (Å²) in [6.45, 7) is 2.76. The highest BCUT2D eigenvalue weighted by atomic mass is 16.3. The lowest BCUT2D eigenvalue weighted by Crippen LogP contribution is -2.32. The van der Waals surface area contributed by atoms with Crippen LogP contribution < -0.4 is 5.73 Å². The zero-order valence-electron chi connectivity index (χ0n) is 7.90. The Balaban J connectivity index is 2.89. The Morgan fingerprint density at radius 2 is 2.08 bits per heavy atom. The molecule has 0 amide bonds. The molecule has 3 heteroatoms. The molecule has 1 heterocycles. The zero-order valence-corrected chi connectivity index (χ0v) is 7.90. The summed E-state index contributed by atoms with van der Waals surface area (Å²) in [4.78, 5) is 3.95. The van der Waals surface area contributed by atoms with Gasteiger partial charge in [0.15, 0.2) is 0 Å². The van der Waals surface area contributed by atoms with Crippen molar-refractivity contribution in [2.45, 2.75) is 18.8 Å². The first-order valence-corrected chi connectivity index (χ1v) is 4.44. The molecule has 3 N–H and O–H groups in total. The summed E-state index contributed by atoms with van der Waals surface area (Å²) in [6.07, 6.45) is 4.19. The predicted molar refractivity (Wildman–Crippen MR) is 52.3 cm³/mol. The summed E-state index contributed by atoms with van der Waals surface area (Å²) in [6, 6.07) is 3.89. The molecule has 0 radical (unpaired) electrons. The van der Waals surface area contributed by atoms with Gasteiger partial charge in [0.2, 0.25) is 0 Å². The molecule has 13 heavy (non-hydrogen) atoms. The topological polar surface area (TPSA) is 59.1 Å². The largest absolute Gasteiger partial charge is 0.396 e. The van der Waals surface area contributed by atoms with E-state index in [-0.39, 0.29) is 12.0 Å². The van der Waals surface area contributed by atoms with E-state index >= 15 is 0 Å². The molecule has 0 saturated heterocycles. The van der Waals surface area contributed by atoms with Crippen LogP contribution in [0.2, 0.25) is 0 Å². The Hall–Kier alpha value is -0.930. The number of aliphatic hydroxyl groups is 1. The molecular weight excluding hydrogens is 164 g/mol. The minimum absolute atomic E-state index is 0.127. The molecule has 1 aromatic heterocycles. The van der Waals surface area contributed by atoms with Crippen LogP contribution in [0.25, 0.3) is 0 Å². The van der Waals surface area contributed by atoms with Crippen molar-refractivity contribution >= 4 is 0 Å². The first kappa shape index (κ1) is 10.2. The van der Waals surface area contributed by atoms with Gasteiger partial charge in [-0.3, -0.25) is 4.98 Å². The van der Waals surface area contributed by atoms with Crippen LogP contribution in [-0.4, -0.2) is 23.2 Å². The average Bonchev–Trinajstić information content (AvgIpc) is 2.19. The fraction of sp³-hybridized carbons (Fsp3) is 0.500. The van der Waals surface area contributed by atoms with Crippen LogP contribution >= 0.6 is 0 Å². The lowest BCUT2D eigenvalue weighted by molar-refractivity contribution is 0.247. The molecule has 1 atom stereocenters. The summed E-state index contributed by atoms with van der Waals surface area (Å²) in [5, 5.41) is 8.92. The van der Waals surface area contributed by atoms with Crippen molar-refractivity contribution in [3.05, 3.63) is 30.1 Å². The maximum Gasteiger partial charge on any atom is 0.0439 e. The molecular formula is C10H16N2O. The number of hydrogen-bond acceptors (Lipinski definition) is 3. The van der Waals surface area contributed by atoms with Gasteiger partial charge in [0, 0.05) is 31.0 Å². The Kier molecular flexibility index (Phi) is 3.39. The fourth-order valence-electron chi connectivity index (χ4n) is 1.37. The maximum atomic E-state index is 8.92. The number of nitrogens with two attached hydrogens (primary N) is 1. The Bertz CT molecular complexity index is 250. The molecule has 0 aliphatic rings. The first-order chi connectivity index (χ1) is 6.23. The van der Waals surface area contributed by atoms with E-state index in [9.17, 15) is 0 Å². The summed E-state index contributed by atoms with van der Waals surface area (Å²) in [5.74, 6) is 0. The maximum absolute atomic E-state index is 8.92. The molecule has 72 valence electrons. The van der Waals surface area contributed by atoms with Crippen molar-refractivity contribution in [3.8, 4) is 0 Å². The molecule has 0 bridgehead atoms. The van der Waals surface area contributed by atoms with Crippen molar-refractivity contribution in [1.29, 1.82) is 0 Å². The van der Waals surface area contributed by atoms with E-state index in [0.29, 0.717) is 13.0 Å². The smallest absolute Gasteiger partial charge is 0.0439 e. The van der Waals surface area contributed by atoms with Crippen LogP contribution in [0.3, 0.4) is 0 Å². The van der Waals surface area contributed by atoms with Gasteiger partial charge in [-0.05, 0) is 24.1 Å². The minimum atomic E-state index is -0.127. The minimum Gasteiger partial charge on any atom is -0.396 e. The number of pyridine rings is 1. The second-order valence-corrected chi connectivity index (χ2v) is 3.47. The molecule has 1 rings (SSSR count). The number of aromatic nitrogens is 1. The second kappa shape index (κ2) is 4.35. The van der Waals surface area contributed by atoms with E-state index in [4.69, 9.17) is 10.8 Å². The molecule has 0 aliphatic heterocycles. The zero-order chi connectivity index (χ0) is 9.73. The van der Waals surface area contributed by atoms with Crippen LogP contribution in [0.1, 0.15) is 18.9 Å². The Morgan fingerprint density at radius 3 is 2.54 bits per heavy atom. The average molecular weight is 180 g/mol. The third-order valence-electron chi connectivity index (χ3n) is 2.49. The van der Waals surface area contributed by atoms with E-state index in [2.05, 4.69) is 11.9 Å². The number of rotatable bonds is 4. The SMILES string of the molecule is CC(CN)(CCO)c1ccncc1. The highest BCUT2D eigenvalue weighted by Crippen LogP contribution is 2.25. The summed E-state index contributed by atoms with van der Waals surface area (Å²) in [7, 11) is 0. The number of hydrogen-bond donors (Lipinski definition) is 2. The first-order valence-electron chi connectivity index (χ1n) is 4.44. The highest BCUT2D eigenvalue weighted by Gasteiger charge is 2.23. The van der Waals surface area contributed by atoms with E-state index in [1.165, 1.54) is 0 Å². The lowest BCUT2D eigenvalue weighted by atomic mass is 9.80. The second-order valence-electron chi connectivity index (χ2n) is 3.47. The summed E-state index contributed by atoms with van der Waals surface area (Å²) in [5.41, 5.74) is 6.70. The van der Waals surface area contributed by atoms with Gasteiger partial charge < -0.3 is 10.8 Å². The van der Waals surface area contributed by atoms with Crippen molar-refractivity contribution in [3.63, 3.8) is 0 Å². The van der Waals surface area contributed by atoms with Crippen molar-refractivity contribution in [2.75, 3.05) is 13.2 Å². The summed E-state index contributed by atoms with van der Waals surface area (Å²) < 4.78 is 0. The Morgan fingerprint density at radius 1 is 1.46 bits per heavy atom. The number of nitrogens with zero attached hydrogens (tertiary/aromatic N) is 1. The highest BCUT2D eigenvalue weighted by molar-refractivity contribution is 5.22. The summed E-state index contributed by atoms with van der Waals surface area (Å²) >= 11 is 0. The van der Waals surface area contributed by atoms with Gasteiger partial charge in [-0.2, -0.15) is 0 Å². The molecule has 3 nitrogen and oxygen atoms in total. The molecule has 0 fully saturated rings. The van der Waals surface area contributed by atoms with Gasteiger partial charge in [-0.25, -0.2) is 0 Å². The van der Waals surface area contributed by atoms with Gasteiger partial charge in [-0.1, -0.05) is 6.92 Å². The molecule has 1 unspecified atom stereocenters. The van der Waals surface area contributed by atoms with Crippen molar-refractivity contribution < 1.29 is 5.11 Å². The molecule has 0 spiro atoms. The van der Waals surface area contributed by atoms with E-state index < -0.39 is 0 Å². The van der Waals surface area contributed by atoms with Crippen LogP contribution in [0.4, 0.5) is 0 Å². The van der Waals surface area contributed by atoms with Gasteiger partial charge in [-0.15, -0.1) is 0 Å². The van der Waals surface area contributed by atoms with Crippen LogP contribution in [0.5, 0.6) is 0 Å². The van der Waals surface area contributed by atoms with Crippen LogP contribution in [0, 0.1) is 0 Å². The Labute approximate surface area is 78.6 Å². The quantitative estimate of drug-likeness (QED) is 0.716. The third kappa shape index (κ3) is 2.26. The van der Waals surface area contributed by atoms with Crippen LogP contribution in [0.15, 0.2) is 24.5 Å². The van der Waals surface area contributed by atoms with E-state index in [0.717, 1.165) is 5.56 Å². The third-order valence-corrected chi connectivity index (χ3v) is 2.49. The van der Waals surface area contributed by atoms with Crippen LogP contribution in [-0.2, 0) is 5.41 Å².